The molecule has 1 unspecified atom stereocenters. The maximum atomic E-state index is 11.8. The molecule has 6 N–H and O–H groups in total. The third-order valence-electron chi connectivity index (χ3n) is 4.72. The van der Waals surface area contributed by atoms with Gasteiger partial charge in [0.1, 0.15) is 18.3 Å². The van der Waals surface area contributed by atoms with Gasteiger partial charge in [-0.05, 0) is 25.0 Å². The number of hydroxylamine groups is 1. The highest BCUT2D eigenvalue weighted by atomic mass is 16.8. The highest BCUT2D eigenvalue weighted by Gasteiger charge is 2.47. The van der Waals surface area contributed by atoms with E-state index in [2.05, 4.69) is 5.32 Å². The summed E-state index contributed by atoms with van der Waals surface area (Å²) in [5, 5.41) is 40.8. The SMILES string of the molecule is O=C(CCCCCCC(=O)Nc1ccccc1)NOC1O[C@H](C(=O)O)[C@@H](O)[C@H](O)[C@H]1O. The van der Waals surface area contributed by atoms with Gasteiger partial charge in [0.15, 0.2) is 6.10 Å². The molecule has 0 saturated carbocycles. The van der Waals surface area contributed by atoms with Gasteiger partial charge in [0.2, 0.25) is 18.1 Å². The molecule has 1 aromatic rings. The highest BCUT2D eigenvalue weighted by Crippen LogP contribution is 2.21. The third-order valence-corrected chi connectivity index (χ3v) is 4.72. The van der Waals surface area contributed by atoms with Gasteiger partial charge in [0.25, 0.3) is 0 Å². The molecule has 1 aliphatic heterocycles. The van der Waals surface area contributed by atoms with E-state index < -0.39 is 42.6 Å². The van der Waals surface area contributed by atoms with Crippen molar-refractivity contribution in [1.29, 1.82) is 0 Å². The molecule has 0 aromatic heterocycles. The lowest BCUT2D eigenvalue weighted by Gasteiger charge is -2.37. The number of amides is 2. The Kier molecular flexibility index (Phi) is 9.82. The lowest BCUT2D eigenvalue weighted by molar-refractivity contribution is -0.306. The van der Waals surface area contributed by atoms with Crippen molar-refractivity contribution in [2.45, 2.75) is 69.2 Å². The second kappa shape index (κ2) is 12.3. The fourth-order valence-electron chi connectivity index (χ4n) is 2.99. The zero-order valence-corrected chi connectivity index (χ0v) is 16.8. The van der Waals surface area contributed by atoms with Crippen molar-refractivity contribution < 1.29 is 44.4 Å². The van der Waals surface area contributed by atoms with Crippen LogP contribution in [0.2, 0.25) is 0 Å². The van der Waals surface area contributed by atoms with E-state index >= 15 is 0 Å². The van der Waals surface area contributed by atoms with Crippen LogP contribution in [0, 0.1) is 0 Å². The number of aliphatic carboxylic acids is 1. The number of anilines is 1. The molecular weight excluding hydrogens is 412 g/mol. The van der Waals surface area contributed by atoms with Crippen LogP contribution >= 0.6 is 0 Å². The highest BCUT2D eigenvalue weighted by molar-refractivity contribution is 5.90. The first-order valence-corrected chi connectivity index (χ1v) is 10.0. The summed E-state index contributed by atoms with van der Waals surface area (Å²) in [7, 11) is 0. The molecule has 31 heavy (non-hydrogen) atoms. The van der Waals surface area contributed by atoms with Gasteiger partial charge in [-0.1, -0.05) is 31.0 Å². The zero-order valence-electron chi connectivity index (χ0n) is 16.8. The summed E-state index contributed by atoms with van der Waals surface area (Å²) < 4.78 is 4.88. The van der Waals surface area contributed by atoms with Gasteiger partial charge in [-0.15, -0.1) is 0 Å². The number of aliphatic hydroxyl groups is 3. The predicted molar refractivity (Wildman–Crippen MR) is 106 cm³/mol. The molecule has 11 heteroatoms. The lowest BCUT2D eigenvalue weighted by Crippen LogP contribution is -2.61. The normalized spacial score (nSPS) is 25.6. The standard InChI is InChI=1S/C20H28N2O9/c23-13(21-12-8-4-3-5-9-12)10-6-1-2-7-11-14(24)22-31-20-17(27)15(25)16(26)18(30-20)19(28)29/h3-5,8-9,15-18,20,25-27H,1-2,6-7,10-11H2,(H,21,23)(H,22,24)(H,28,29)/t15-,16-,17+,18-,20?/m0/s1. The molecule has 1 heterocycles. The summed E-state index contributed by atoms with van der Waals surface area (Å²) in [5.74, 6) is -2.14. The first-order chi connectivity index (χ1) is 14.8. The van der Waals surface area contributed by atoms with Gasteiger partial charge in [0.05, 0.1) is 0 Å². The van der Waals surface area contributed by atoms with Crippen molar-refractivity contribution >= 4 is 23.5 Å². The quantitative estimate of drug-likeness (QED) is 0.203. The molecule has 1 fully saturated rings. The topological polar surface area (TPSA) is 175 Å². The Morgan fingerprint density at radius 3 is 2.10 bits per heavy atom. The van der Waals surface area contributed by atoms with Crippen LogP contribution in [-0.2, 0) is 24.0 Å². The van der Waals surface area contributed by atoms with E-state index in [4.69, 9.17) is 14.7 Å². The van der Waals surface area contributed by atoms with Gasteiger partial charge in [0, 0.05) is 18.5 Å². The van der Waals surface area contributed by atoms with Crippen molar-refractivity contribution in [3.05, 3.63) is 30.3 Å². The van der Waals surface area contributed by atoms with E-state index in [1.54, 1.807) is 12.1 Å². The summed E-state index contributed by atoms with van der Waals surface area (Å²) in [6.07, 6.45) is -5.69. The maximum absolute atomic E-state index is 11.8. The van der Waals surface area contributed by atoms with E-state index in [9.17, 15) is 29.7 Å². The minimum atomic E-state index is -1.84. The van der Waals surface area contributed by atoms with Crippen LogP contribution < -0.4 is 10.8 Å². The number of benzene rings is 1. The molecule has 0 spiro atoms. The molecular formula is C20H28N2O9. The smallest absolute Gasteiger partial charge is 0.335 e. The number of carboxylic acids is 1. The van der Waals surface area contributed by atoms with Gasteiger partial charge < -0.3 is 30.5 Å². The lowest BCUT2D eigenvalue weighted by atomic mass is 9.99. The van der Waals surface area contributed by atoms with E-state index in [-0.39, 0.29) is 12.3 Å². The maximum Gasteiger partial charge on any atom is 0.335 e. The Bertz CT molecular complexity index is 731. The number of nitrogens with one attached hydrogen (secondary N) is 2. The molecule has 2 rings (SSSR count). The van der Waals surface area contributed by atoms with Crippen molar-refractivity contribution in [1.82, 2.24) is 5.48 Å². The Labute approximate surface area is 178 Å². The predicted octanol–water partition coefficient (Wildman–Crippen LogP) is -0.0943. The summed E-state index contributed by atoms with van der Waals surface area (Å²) in [5.41, 5.74) is 2.78. The summed E-state index contributed by atoms with van der Waals surface area (Å²) in [6.45, 7) is 0. The third kappa shape index (κ3) is 7.89. The number of para-hydroxylation sites is 1. The first kappa shape index (κ1) is 24.7. The first-order valence-electron chi connectivity index (χ1n) is 10.0. The number of carbonyl (C=O) groups is 3. The largest absolute Gasteiger partial charge is 0.479 e. The second-order valence-corrected chi connectivity index (χ2v) is 7.21. The summed E-state index contributed by atoms with van der Waals surface area (Å²) in [4.78, 5) is 39.5. The van der Waals surface area contributed by atoms with Crippen LogP contribution in [0.5, 0.6) is 0 Å². The Morgan fingerprint density at radius 2 is 1.48 bits per heavy atom. The number of rotatable bonds is 11. The van der Waals surface area contributed by atoms with Crippen molar-refractivity contribution in [3.63, 3.8) is 0 Å². The van der Waals surface area contributed by atoms with Crippen molar-refractivity contribution in [2.75, 3.05) is 5.32 Å². The van der Waals surface area contributed by atoms with Crippen LogP contribution in [0.25, 0.3) is 0 Å². The fraction of sp³-hybridized carbons (Fsp3) is 0.550. The van der Waals surface area contributed by atoms with Crippen molar-refractivity contribution in [2.24, 2.45) is 0 Å². The van der Waals surface area contributed by atoms with Crippen LogP contribution in [0.4, 0.5) is 5.69 Å². The molecule has 0 radical (unpaired) electrons. The number of hydrogen-bond donors (Lipinski definition) is 6. The Hall–Kier alpha value is -2.57. The van der Waals surface area contributed by atoms with Crippen LogP contribution in [0.15, 0.2) is 30.3 Å². The van der Waals surface area contributed by atoms with E-state index in [1.165, 1.54) is 0 Å². The van der Waals surface area contributed by atoms with Gasteiger partial charge in [-0.2, -0.15) is 0 Å². The number of aliphatic hydroxyl groups excluding tert-OH is 3. The zero-order chi connectivity index (χ0) is 22.8. The number of carbonyl (C=O) groups excluding carboxylic acids is 2. The monoisotopic (exact) mass is 440 g/mol. The second-order valence-electron chi connectivity index (χ2n) is 7.21. The number of hydrogen-bond acceptors (Lipinski definition) is 8. The average Bonchev–Trinajstić information content (AvgIpc) is 2.74. The molecule has 5 atom stereocenters. The molecule has 2 amide bonds. The number of carboxylic acid groups (broad SMARTS) is 1. The van der Waals surface area contributed by atoms with E-state index in [0.29, 0.717) is 25.7 Å². The van der Waals surface area contributed by atoms with Crippen molar-refractivity contribution in [3.8, 4) is 0 Å². The van der Waals surface area contributed by atoms with Gasteiger partial charge in [-0.25, -0.2) is 15.1 Å². The molecule has 172 valence electrons. The number of ether oxygens (including phenoxy) is 1. The minimum absolute atomic E-state index is 0.0737. The van der Waals surface area contributed by atoms with E-state index in [0.717, 1.165) is 12.1 Å². The molecule has 1 aliphatic rings. The van der Waals surface area contributed by atoms with Crippen LogP contribution in [-0.4, -0.2) is 68.9 Å². The minimum Gasteiger partial charge on any atom is -0.479 e. The summed E-state index contributed by atoms with van der Waals surface area (Å²) >= 11 is 0. The summed E-state index contributed by atoms with van der Waals surface area (Å²) in [6, 6.07) is 9.14. The number of unbranched alkanes of at least 4 members (excludes halogenated alkanes) is 3. The molecule has 1 saturated heterocycles. The van der Waals surface area contributed by atoms with Gasteiger partial charge in [-0.3, -0.25) is 9.59 Å². The molecule has 0 aliphatic carbocycles. The van der Waals surface area contributed by atoms with Crippen LogP contribution in [0.3, 0.4) is 0 Å². The Morgan fingerprint density at radius 1 is 0.871 bits per heavy atom. The molecule has 0 bridgehead atoms. The molecule has 11 nitrogen and oxygen atoms in total. The van der Waals surface area contributed by atoms with Crippen LogP contribution in [0.1, 0.15) is 38.5 Å². The average molecular weight is 440 g/mol. The van der Waals surface area contributed by atoms with Gasteiger partial charge >= 0.3 is 5.97 Å². The fourth-order valence-corrected chi connectivity index (χ4v) is 2.99. The van der Waals surface area contributed by atoms with E-state index in [1.807, 2.05) is 23.7 Å². The molecule has 1 aromatic carbocycles. The Balaban J connectivity index is 1.57.